The molecule has 4 heteroatoms. The zero-order valence-corrected chi connectivity index (χ0v) is 18.3. The third-order valence-corrected chi connectivity index (χ3v) is 8.24. The Balaban J connectivity index is 1.89. The van der Waals surface area contributed by atoms with Crippen LogP contribution in [0.2, 0.25) is 0 Å². The van der Waals surface area contributed by atoms with Crippen molar-refractivity contribution in [3.05, 3.63) is 107 Å². The number of hydrogen-bond donors (Lipinski definition) is 0. The smallest absolute Gasteiger partial charge is 0.118 e. The molecule has 1 aromatic carbocycles. The van der Waals surface area contributed by atoms with Crippen LogP contribution in [0.5, 0.6) is 0 Å². The molecule has 2 nitrogen and oxygen atoms in total. The molecule has 0 N–H and O–H groups in total. The minimum atomic E-state index is -0.378. The van der Waals surface area contributed by atoms with Crippen molar-refractivity contribution >= 4 is 22.7 Å². The molecule has 28 heavy (non-hydrogen) atoms. The van der Waals surface area contributed by atoms with Crippen LogP contribution in [-0.2, 0) is 4.74 Å². The standard InChI is InChI=1S/C24H25NOP2/c1-17-13-18(2)23(26-3)11-12-28-16-20(27)9-10-24(28)22-15-25(14-21(17)22)19-7-5-4-6-8-19/h4-11,13-16,24H,1,12,27H2,2-3H3/b18-13-,23-11+. The van der Waals surface area contributed by atoms with Crippen molar-refractivity contribution < 1.29 is 4.74 Å². The van der Waals surface area contributed by atoms with Crippen LogP contribution >= 0.6 is 17.2 Å². The van der Waals surface area contributed by atoms with Crippen molar-refractivity contribution in [1.29, 1.82) is 0 Å². The maximum atomic E-state index is 5.67. The largest absolute Gasteiger partial charge is 0.497 e. The lowest BCUT2D eigenvalue weighted by molar-refractivity contribution is 0.300. The Kier molecular flexibility index (Phi) is 5.54. The van der Waals surface area contributed by atoms with E-state index in [2.05, 4.69) is 100 Å². The van der Waals surface area contributed by atoms with Crippen molar-refractivity contribution in [2.24, 2.45) is 0 Å². The fourth-order valence-corrected chi connectivity index (χ4v) is 6.70. The summed E-state index contributed by atoms with van der Waals surface area (Å²) in [5, 5.41) is 1.27. The summed E-state index contributed by atoms with van der Waals surface area (Å²) in [6.07, 6.45) is 14.5. The molecule has 0 spiro atoms. The highest BCUT2D eigenvalue weighted by Crippen LogP contribution is 2.58. The topological polar surface area (TPSA) is 14.2 Å². The van der Waals surface area contributed by atoms with E-state index in [9.17, 15) is 0 Å². The van der Waals surface area contributed by atoms with E-state index in [0.717, 1.165) is 23.1 Å². The van der Waals surface area contributed by atoms with Gasteiger partial charge in [-0.3, -0.25) is 0 Å². The van der Waals surface area contributed by atoms with Gasteiger partial charge in [-0.25, -0.2) is 0 Å². The third-order valence-electron chi connectivity index (χ3n) is 5.21. The lowest BCUT2D eigenvalue weighted by Gasteiger charge is -2.27. The van der Waals surface area contributed by atoms with Crippen LogP contribution in [0.3, 0.4) is 0 Å². The first-order valence-electron chi connectivity index (χ1n) is 9.37. The number of rotatable bonds is 2. The van der Waals surface area contributed by atoms with Gasteiger partial charge in [-0.2, -0.15) is 0 Å². The number of allylic oxidation sites excluding steroid dienone is 7. The predicted octanol–water partition coefficient (Wildman–Crippen LogP) is 6.79. The van der Waals surface area contributed by atoms with Crippen molar-refractivity contribution in [2.45, 2.75) is 12.6 Å². The summed E-state index contributed by atoms with van der Waals surface area (Å²) in [5.74, 6) is 3.36. The van der Waals surface area contributed by atoms with Gasteiger partial charge in [0.15, 0.2) is 0 Å². The van der Waals surface area contributed by atoms with Crippen LogP contribution in [0.15, 0.2) is 96.1 Å². The molecule has 0 saturated carbocycles. The Morgan fingerprint density at radius 1 is 1.21 bits per heavy atom. The Morgan fingerprint density at radius 2 is 2.00 bits per heavy atom. The van der Waals surface area contributed by atoms with Crippen LogP contribution < -0.4 is 0 Å². The maximum absolute atomic E-state index is 5.67. The van der Waals surface area contributed by atoms with Crippen LogP contribution in [0.1, 0.15) is 23.7 Å². The summed E-state index contributed by atoms with van der Waals surface area (Å²) in [5.41, 5.74) is 6.24. The summed E-state index contributed by atoms with van der Waals surface area (Å²) in [7, 11) is 4.22. The molecule has 2 aliphatic rings. The molecule has 0 amide bonds. The summed E-state index contributed by atoms with van der Waals surface area (Å²) >= 11 is 0. The van der Waals surface area contributed by atoms with Gasteiger partial charge in [0.25, 0.3) is 0 Å². The predicted molar refractivity (Wildman–Crippen MR) is 125 cm³/mol. The monoisotopic (exact) mass is 405 g/mol. The summed E-state index contributed by atoms with van der Waals surface area (Å²) in [6.45, 7) is 6.49. The highest BCUT2D eigenvalue weighted by Gasteiger charge is 2.26. The van der Waals surface area contributed by atoms with Gasteiger partial charge in [0.1, 0.15) is 5.76 Å². The number of ether oxygens (including phenoxy) is 1. The molecule has 0 fully saturated rings. The second-order valence-electron chi connectivity index (χ2n) is 7.12. The van der Waals surface area contributed by atoms with E-state index in [1.165, 1.54) is 22.1 Å². The number of methoxy groups -OCH3 is 1. The fraction of sp³-hybridized carbons (Fsp3) is 0.167. The first-order valence-corrected chi connectivity index (χ1v) is 11.6. The molecule has 0 saturated heterocycles. The number of aromatic nitrogens is 1. The van der Waals surface area contributed by atoms with E-state index >= 15 is 0 Å². The zero-order chi connectivity index (χ0) is 19.7. The van der Waals surface area contributed by atoms with Crippen LogP contribution in [0, 0.1) is 0 Å². The first-order chi connectivity index (χ1) is 13.6. The molecule has 4 rings (SSSR count). The van der Waals surface area contributed by atoms with Crippen molar-refractivity contribution in [3.63, 3.8) is 0 Å². The van der Waals surface area contributed by atoms with Crippen molar-refractivity contribution in [2.75, 3.05) is 13.3 Å². The van der Waals surface area contributed by atoms with E-state index < -0.39 is 0 Å². The molecule has 2 aliphatic heterocycles. The Morgan fingerprint density at radius 3 is 2.75 bits per heavy atom. The van der Waals surface area contributed by atoms with Gasteiger partial charge >= 0.3 is 0 Å². The highest BCUT2D eigenvalue weighted by atomic mass is 31.1. The summed E-state index contributed by atoms with van der Waals surface area (Å²) in [4.78, 5) is 0. The second kappa shape index (κ2) is 8.08. The normalized spacial score (nSPS) is 25.5. The number of benzene rings is 1. The molecule has 0 aliphatic carbocycles. The quantitative estimate of drug-likeness (QED) is 0.502. The van der Waals surface area contributed by atoms with E-state index in [-0.39, 0.29) is 7.92 Å². The molecule has 3 heterocycles. The maximum Gasteiger partial charge on any atom is 0.118 e. The zero-order valence-electron chi connectivity index (χ0n) is 16.3. The Hall–Kier alpha value is -2.14. The molecule has 0 radical (unpaired) electrons. The summed E-state index contributed by atoms with van der Waals surface area (Å²) < 4.78 is 7.89. The van der Waals surface area contributed by atoms with E-state index in [0.29, 0.717) is 5.66 Å². The van der Waals surface area contributed by atoms with E-state index in [1.54, 1.807) is 7.11 Å². The van der Waals surface area contributed by atoms with Gasteiger partial charge in [-0.05, 0) is 59.4 Å². The van der Waals surface area contributed by atoms with Gasteiger partial charge in [-0.1, -0.05) is 50.7 Å². The lowest BCUT2D eigenvalue weighted by atomic mass is 10.0. The second-order valence-corrected chi connectivity index (χ2v) is 10.00. The molecule has 142 valence electrons. The third kappa shape index (κ3) is 3.72. The Labute approximate surface area is 171 Å². The van der Waals surface area contributed by atoms with E-state index in [1.807, 2.05) is 0 Å². The minimum Gasteiger partial charge on any atom is -0.497 e. The highest BCUT2D eigenvalue weighted by molar-refractivity contribution is 7.62. The van der Waals surface area contributed by atoms with Gasteiger partial charge in [0.2, 0.25) is 0 Å². The average molecular weight is 405 g/mol. The van der Waals surface area contributed by atoms with Crippen LogP contribution in [0.25, 0.3) is 11.3 Å². The minimum absolute atomic E-state index is 0.372. The van der Waals surface area contributed by atoms with Crippen molar-refractivity contribution in [3.8, 4) is 5.69 Å². The molecule has 2 aromatic rings. The number of hydrogen-bond acceptors (Lipinski definition) is 1. The molecular formula is C24H25NOP2. The lowest BCUT2D eigenvalue weighted by Crippen LogP contribution is -2.02. The SMILES string of the molecule is C=C1/C=C(C)\C(OC)=C/CP2C=C(P)C=CC2c2cn(-c3ccccc3)cc21. The molecular weight excluding hydrogens is 380 g/mol. The fourth-order valence-electron chi connectivity index (χ4n) is 3.80. The molecule has 3 atom stereocenters. The molecule has 0 bridgehead atoms. The average Bonchev–Trinajstić information content (AvgIpc) is 3.14. The van der Waals surface area contributed by atoms with Crippen LogP contribution in [0.4, 0.5) is 0 Å². The van der Waals surface area contributed by atoms with Gasteiger partial charge in [-0.15, -0.1) is 9.24 Å². The van der Waals surface area contributed by atoms with Crippen molar-refractivity contribution in [1.82, 2.24) is 4.57 Å². The van der Waals surface area contributed by atoms with E-state index in [4.69, 9.17) is 4.74 Å². The molecule has 1 aromatic heterocycles. The van der Waals surface area contributed by atoms with Gasteiger partial charge < -0.3 is 9.30 Å². The number of fused-ring (bicyclic) bond motifs is 3. The van der Waals surface area contributed by atoms with Crippen LogP contribution in [-0.4, -0.2) is 17.8 Å². The molecule has 3 unspecified atom stereocenters. The Bertz CT molecular complexity index is 1020. The van der Waals surface area contributed by atoms with Gasteiger partial charge in [0.05, 0.1) is 7.11 Å². The summed E-state index contributed by atoms with van der Waals surface area (Å²) in [6, 6.07) is 10.5. The number of para-hydroxylation sites is 1. The first kappa shape index (κ1) is 19.2. The van der Waals surface area contributed by atoms with Gasteiger partial charge in [0, 0.05) is 29.3 Å². The number of nitrogens with zero attached hydrogens (tertiary/aromatic N) is 1.